The largest absolute Gasteiger partial charge is 0.507 e. The molecule has 5 nitrogen and oxygen atoms in total. The second-order valence-corrected chi connectivity index (χ2v) is 12.1. The molecule has 0 radical (unpaired) electrons. The van der Waals surface area contributed by atoms with Crippen molar-refractivity contribution in [3.05, 3.63) is 34.4 Å². The number of rotatable bonds is 9. The van der Waals surface area contributed by atoms with Gasteiger partial charge in [-0.05, 0) is 53.0 Å². The summed E-state index contributed by atoms with van der Waals surface area (Å²) in [7, 11) is -0.859. The van der Waals surface area contributed by atoms with E-state index in [4.69, 9.17) is 9.05 Å². The Labute approximate surface area is 182 Å². The molecule has 0 saturated heterocycles. The van der Waals surface area contributed by atoms with Crippen molar-refractivity contribution in [3.8, 4) is 5.75 Å². The highest BCUT2D eigenvalue weighted by Gasteiger charge is 2.29. The Kier molecular flexibility index (Phi) is 9.10. The van der Waals surface area contributed by atoms with Crippen molar-refractivity contribution >= 4 is 19.5 Å². The van der Waals surface area contributed by atoms with Crippen LogP contribution >= 0.6 is 7.60 Å². The van der Waals surface area contributed by atoms with Gasteiger partial charge in [0.05, 0.1) is 0 Å². The summed E-state index contributed by atoms with van der Waals surface area (Å²) in [6, 6.07) is 3.88. The number of Topliss-reactive ketones (excluding diaryl/α,β-unsaturated/α-hetero) is 1. The summed E-state index contributed by atoms with van der Waals surface area (Å²) in [6.45, 7) is 14.4. The van der Waals surface area contributed by atoms with Crippen LogP contribution in [-0.2, 0) is 29.2 Å². The van der Waals surface area contributed by atoms with E-state index in [0.717, 1.165) is 29.5 Å². The van der Waals surface area contributed by atoms with Gasteiger partial charge in [0, 0.05) is 25.3 Å². The zero-order valence-electron chi connectivity index (χ0n) is 20.1. The average Bonchev–Trinajstić information content (AvgIpc) is 2.63. The molecule has 0 atom stereocenters. The second-order valence-electron chi connectivity index (χ2n) is 9.80. The molecular formula is C24H39O5P. The minimum absolute atomic E-state index is 0.238. The highest BCUT2D eigenvalue weighted by molar-refractivity contribution is 7.54. The van der Waals surface area contributed by atoms with Crippen LogP contribution in [0.25, 0.3) is 6.08 Å². The lowest BCUT2D eigenvalue weighted by Crippen LogP contribution is -2.17. The Morgan fingerprint density at radius 2 is 1.50 bits per heavy atom. The highest BCUT2D eigenvalue weighted by atomic mass is 31.2. The van der Waals surface area contributed by atoms with E-state index in [-0.39, 0.29) is 22.8 Å². The standard InChI is InChI=1S/C24H39O5P/c1-10-11-12-18(21(25)16-30(27,28-8)29-9)13-17-14-19(23(2,3)4)22(26)20(15-17)24(5,6)7/h13-15,26H,10-12,16H2,1-9H3. The van der Waals surface area contributed by atoms with Crippen LogP contribution < -0.4 is 0 Å². The molecule has 1 rings (SSSR count). The molecule has 0 aromatic heterocycles. The van der Waals surface area contributed by atoms with Crippen molar-refractivity contribution < 1.29 is 23.5 Å². The molecule has 170 valence electrons. The summed E-state index contributed by atoms with van der Waals surface area (Å²) < 4.78 is 22.4. The molecule has 0 aliphatic heterocycles. The van der Waals surface area contributed by atoms with Crippen LogP contribution in [0.2, 0.25) is 0 Å². The van der Waals surface area contributed by atoms with E-state index in [1.165, 1.54) is 14.2 Å². The quantitative estimate of drug-likeness (QED) is 0.347. The van der Waals surface area contributed by atoms with Crippen molar-refractivity contribution in [1.82, 2.24) is 0 Å². The van der Waals surface area contributed by atoms with Crippen molar-refractivity contribution in [3.63, 3.8) is 0 Å². The third-order valence-corrected chi connectivity index (χ3v) is 6.93. The Morgan fingerprint density at radius 1 is 1.03 bits per heavy atom. The van der Waals surface area contributed by atoms with Crippen LogP contribution in [0, 0.1) is 0 Å². The van der Waals surface area contributed by atoms with Crippen LogP contribution in [-0.4, -0.2) is 31.3 Å². The van der Waals surface area contributed by atoms with Crippen LogP contribution in [0.3, 0.4) is 0 Å². The number of aromatic hydroxyl groups is 1. The van der Waals surface area contributed by atoms with Crippen molar-refractivity contribution in [1.29, 1.82) is 0 Å². The fourth-order valence-corrected chi connectivity index (χ4v) is 4.19. The first-order valence-corrected chi connectivity index (χ1v) is 12.2. The molecule has 0 unspecified atom stereocenters. The van der Waals surface area contributed by atoms with Gasteiger partial charge in [0.15, 0.2) is 5.78 Å². The molecule has 0 heterocycles. The number of phenols is 1. The molecule has 0 saturated carbocycles. The lowest BCUT2D eigenvalue weighted by molar-refractivity contribution is -0.113. The molecule has 30 heavy (non-hydrogen) atoms. The normalized spacial score (nSPS) is 13.6. The van der Waals surface area contributed by atoms with Crippen LogP contribution in [0.15, 0.2) is 17.7 Å². The number of phenolic OH excluding ortho intramolecular Hbond substituents is 1. The molecule has 1 aromatic carbocycles. The molecule has 1 N–H and O–H groups in total. The van der Waals surface area contributed by atoms with Crippen molar-refractivity contribution in [2.75, 3.05) is 20.4 Å². The van der Waals surface area contributed by atoms with Crippen molar-refractivity contribution in [2.24, 2.45) is 0 Å². The van der Waals surface area contributed by atoms with Crippen molar-refractivity contribution in [2.45, 2.75) is 78.6 Å². The van der Waals surface area contributed by atoms with Crippen LogP contribution in [0.5, 0.6) is 5.75 Å². The van der Waals surface area contributed by atoms with Gasteiger partial charge < -0.3 is 14.2 Å². The van der Waals surface area contributed by atoms with E-state index < -0.39 is 7.60 Å². The smallest absolute Gasteiger partial charge is 0.337 e. The third-order valence-electron chi connectivity index (χ3n) is 5.14. The number of unbranched alkanes of at least 4 members (excludes halogenated alkanes) is 1. The SMILES string of the molecule is CCCCC(=Cc1cc(C(C)(C)C)c(O)c(C(C)(C)C)c1)C(=O)CP(=O)(OC)OC. The number of hydrogen-bond acceptors (Lipinski definition) is 5. The van der Waals surface area contributed by atoms with E-state index in [2.05, 4.69) is 48.5 Å². The van der Waals surface area contributed by atoms with Gasteiger partial charge in [-0.2, -0.15) is 0 Å². The van der Waals surface area contributed by atoms with Crippen LogP contribution in [0.1, 0.15) is 84.4 Å². The van der Waals surface area contributed by atoms with E-state index in [1.807, 2.05) is 18.2 Å². The summed E-state index contributed by atoms with van der Waals surface area (Å²) in [6.07, 6.45) is 3.94. The highest BCUT2D eigenvalue weighted by Crippen LogP contribution is 2.47. The van der Waals surface area contributed by atoms with Gasteiger partial charge in [-0.15, -0.1) is 0 Å². The Bertz CT molecular complexity index is 782. The molecule has 0 amide bonds. The summed E-state index contributed by atoms with van der Waals surface area (Å²) in [5, 5.41) is 10.9. The molecule has 0 fully saturated rings. The number of carbonyl (C=O) groups excluding carboxylic acids is 1. The van der Waals surface area contributed by atoms with E-state index in [9.17, 15) is 14.5 Å². The summed E-state index contributed by atoms with van der Waals surface area (Å²) in [5.74, 6) is 0.0648. The molecule has 0 aliphatic carbocycles. The monoisotopic (exact) mass is 438 g/mol. The minimum Gasteiger partial charge on any atom is -0.507 e. The average molecular weight is 439 g/mol. The number of ketones is 1. The maximum Gasteiger partial charge on any atom is 0.337 e. The molecular weight excluding hydrogens is 399 g/mol. The van der Waals surface area contributed by atoms with Gasteiger partial charge >= 0.3 is 7.60 Å². The predicted octanol–water partition coefficient (Wildman–Crippen LogP) is 6.62. The lowest BCUT2D eigenvalue weighted by Gasteiger charge is -2.28. The number of allylic oxidation sites excluding steroid dienone is 1. The van der Waals surface area contributed by atoms with Crippen LogP contribution in [0.4, 0.5) is 0 Å². The predicted molar refractivity (Wildman–Crippen MR) is 125 cm³/mol. The zero-order chi connectivity index (χ0) is 23.3. The molecule has 6 heteroatoms. The first-order chi connectivity index (χ1) is 13.7. The first kappa shape index (κ1) is 26.6. The Morgan fingerprint density at radius 3 is 1.87 bits per heavy atom. The maximum atomic E-state index is 13.0. The van der Waals surface area contributed by atoms with E-state index in [1.54, 1.807) is 0 Å². The van der Waals surface area contributed by atoms with Gasteiger partial charge in [0.25, 0.3) is 0 Å². The maximum absolute atomic E-state index is 13.0. The van der Waals surface area contributed by atoms with Gasteiger partial charge in [-0.3, -0.25) is 9.36 Å². The Balaban J connectivity index is 3.59. The van der Waals surface area contributed by atoms with Gasteiger partial charge in [0.1, 0.15) is 11.9 Å². The topological polar surface area (TPSA) is 72.8 Å². The fourth-order valence-electron chi connectivity index (χ4n) is 3.23. The lowest BCUT2D eigenvalue weighted by atomic mass is 9.78. The van der Waals surface area contributed by atoms with E-state index >= 15 is 0 Å². The molecule has 0 aliphatic rings. The van der Waals surface area contributed by atoms with Gasteiger partial charge in [-0.25, -0.2) is 0 Å². The number of carbonyl (C=O) groups is 1. The number of benzene rings is 1. The van der Waals surface area contributed by atoms with Gasteiger partial charge in [-0.1, -0.05) is 54.9 Å². The fraction of sp³-hybridized carbons (Fsp3) is 0.625. The number of hydrogen-bond donors (Lipinski definition) is 1. The molecule has 0 spiro atoms. The Hall–Kier alpha value is -1.42. The second kappa shape index (κ2) is 10.3. The zero-order valence-corrected chi connectivity index (χ0v) is 21.0. The summed E-state index contributed by atoms with van der Waals surface area (Å²) >= 11 is 0. The molecule has 0 bridgehead atoms. The van der Waals surface area contributed by atoms with E-state index in [0.29, 0.717) is 17.7 Å². The first-order valence-electron chi connectivity index (χ1n) is 10.5. The summed E-state index contributed by atoms with van der Waals surface area (Å²) in [5.41, 5.74) is 2.60. The molecule has 1 aromatic rings. The summed E-state index contributed by atoms with van der Waals surface area (Å²) in [4.78, 5) is 13.0. The minimum atomic E-state index is -3.44. The third kappa shape index (κ3) is 7.08. The van der Waals surface area contributed by atoms with Gasteiger partial charge in [0.2, 0.25) is 0 Å².